The maximum Gasteiger partial charge on any atom is 0.307 e. The summed E-state index contributed by atoms with van der Waals surface area (Å²) in [4.78, 5) is 14.9. The Balaban J connectivity index is 0.00000106. The van der Waals surface area contributed by atoms with E-state index in [9.17, 15) is 4.79 Å². The van der Waals surface area contributed by atoms with E-state index in [2.05, 4.69) is 4.98 Å². The molecule has 0 saturated carbocycles. The van der Waals surface area contributed by atoms with Crippen LogP contribution in [0.25, 0.3) is 0 Å². The van der Waals surface area contributed by atoms with Crippen molar-refractivity contribution in [3.05, 3.63) is 47.2 Å². The summed E-state index contributed by atoms with van der Waals surface area (Å²) in [6.07, 6.45) is -0.0146. The van der Waals surface area contributed by atoms with E-state index in [1.807, 2.05) is 20.8 Å². The van der Waals surface area contributed by atoms with Crippen LogP contribution in [0.5, 0.6) is 5.75 Å². The van der Waals surface area contributed by atoms with Crippen LogP contribution in [0, 0.1) is 13.8 Å². The highest BCUT2D eigenvalue weighted by Gasteiger charge is 2.08. The van der Waals surface area contributed by atoms with Crippen LogP contribution in [0.15, 0.2) is 28.7 Å². The van der Waals surface area contributed by atoms with Crippen LogP contribution >= 0.6 is 0 Å². The molecule has 1 aromatic carbocycles. The highest BCUT2D eigenvalue weighted by atomic mass is 16.5. The molecule has 0 bridgehead atoms. The monoisotopic (exact) mass is 291 g/mol. The summed E-state index contributed by atoms with van der Waals surface area (Å²) in [5, 5.41) is 8.74. The van der Waals surface area contributed by atoms with Gasteiger partial charge in [0.15, 0.2) is 5.89 Å². The van der Waals surface area contributed by atoms with Crippen molar-refractivity contribution in [2.24, 2.45) is 0 Å². The number of aliphatic carboxylic acids is 1. The third-order valence-corrected chi connectivity index (χ3v) is 2.63. The molecular formula is C16H21NO4. The number of benzene rings is 1. The lowest BCUT2D eigenvalue weighted by atomic mass is 10.1. The molecule has 0 amide bonds. The number of aryl methyl sites for hydroxylation is 2. The molecule has 1 aromatic heterocycles. The van der Waals surface area contributed by atoms with E-state index in [0.717, 1.165) is 11.5 Å². The molecule has 0 aliphatic heterocycles. The molecule has 0 aliphatic carbocycles. The molecule has 0 atom stereocenters. The van der Waals surface area contributed by atoms with Gasteiger partial charge in [-0.25, -0.2) is 4.98 Å². The van der Waals surface area contributed by atoms with Crippen molar-refractivity contribution >= 4 is 5.97 Å². The molecule has 0 unspecified atom stereocenters. The zero-order valence-corrected chi connectivity index (χ0v) is 12.8. The first-order valence-electron chi connectivity index (χ1n) is 6.91. The van der Waals surface area contributed by atoms with Crippen LogP contribution in [-0.4, -0.2) is 16.1 Å². The van der Waals surface area contributed by atoms with E-state index >= 15 is 0 Å². The number of nitrogens with zero attached hydrogens (tertiary/aromatic N) is 1. The predicted octanol–water partition coefficient (Wildman–Crippen LogP) is 3.52. The Morgan fingerprint density at radius 2 is 2.05 bits per heavy atom. The Morgan fingerprint density at radius 3 is 2.62 bits per heavy atom. The van der Waals surface area contributed by atoms with E-state index < -0.39 is 5.97 Å². The normalized spacial score (nSPS) is 9.71. The number of rotatable bonds is 5. The molecule has 0 aliphatic rings. The summed E-state index contributed by atoms with van der Waals surface area (Å²) in [6, 6.07) is 7.03. The summed E-state index contributed by atoms with van der Waals surface area (Å²) >= 11 is 0. The number of hydrogen-bond acceptors (Lipinski definition) is 4. The molecular weight excluding hydrogens is 270 g/mol. The minimum Gasteiger partial charge on any atom is -0.487 e. The average Bonchev–Trinajstić information content (AvgIpc) is 2.77. The van der Waals surface area contributed by atoms with Crippen molar-refractivity contribution in [3.63, 3.8) is 0 Å². The van der Waals surface area contributed by atoms with Crippen LogP contribution in [-0.2, 0) is 17.8 Å². The first kappa shape index (κ1) is 16.8. The Bertz CT molecular complexity index is 590. The number of oxazole rings is 1. The number of carboxylic acid groups (broad SMARTS) is 1. The standard InChI is InChI=1S/C14H15NO4.C2H6/c1-9-13(15-10(2)19-9)8-18-12-5-3-4-11(6-12)7-14(16)17;1-2/h3-6H,7-8H2,1-2H3,(H,16,17);1-2H3. The maximum absolute atomic E-state index is 10.6. The van der Waals surface area contributed by atoms with Gasteiger partial charge in [0, 0.05) is 6.92 Å². The highest BCUT2D eigenvalue weighted by molar-refractivity contribution is 5.70. The van der Waals surface area contributed by atoms with Crippen molar-refractivity contribution in [2.45, 2.75) is 40.7 Å². The van der Waals surface area contributed by atoms with Crippen LogP contribution in [0.2, 0.25) is 0 Å². The van der Waals surface area contributed by atoms with Gasteiger partial charge < -0.3 is 14.3 Å². The molecule has 0 spiro atoms. The fourth-order valence-electron chi connectivity index (χ4n) is 1.78. The van der Waals surface area contributed by atoms with Crippen molar-refractivity contribution in [1.82, 2.24) is 4.98 Å². The Morgan fingerprint density at radius 1 is 1.33 bits per heavy atom. The van der Waals surface area contributed by atoms with Gasteiger partial charge in [-0.05, 0) is 24.6 Å². The fraction of sp³-hybridized carbons (Fsp3) is 0.375. The van der Waals surface area contributed by atoms with Gasteiger partial charge in [0.25, 0.3) is 0 Å². The molecule has 5 heteroatoms. The Hall–Kier alpha value is -2.30. The zero-order chi connectivity index (χ0) is 15.8. The van der Waals surface area contributed by atoms with Gasteiger partial charge in [0.05, 0.1) is 6.42 Å². The van der Waals surface area contributed by atoms with Crippen LogP contribution in [0.1, 0.15) is 36.8 Å². The number of ether oxygens (including phenoxy) is 1. The largest absolute Gasteiger partial charge is 0.487 e. The molecule has 5 nitrogen and oxygen atoms in total. The number of hydrogen-bond donors (Lipinski definition) is 1. The SMILES string of the molecule is CC.Cc1nc(COc2cccc(CC(=O)O)c2)c(C)o1. The topological polar surface area (TPSA) is 72.6 Å². The quantitative estimate of drug-likeness (QED) is 0.912. The maximum atomic E-state index is 10.6. The van der Waals surface area contributed by atoms with Gasteiger partial charge in [0.1, 0.15) is 23.8 Å². The fourth-order valence-corrected chi connectivity index (χ4v) is 1.78. The summed E-state index contributed by atoms with van der Waals surface area (Å²) < 4.78 is 10.9. The second-order valence-corrected chi connectivity index (χ2v) is 4.24. The van der Waals surface area contributed by atoms with Gasteiger partial charge in [-0.2, -0.15) is 0 Å². The summed E-state index contributed by atoms with van der Waals surface area (Å²) in [7, 11) is 0. The molecule has 114 valence electrons. The Labute approximate surface area is 124 Å². The van der Waals surface area contributed by atoms with Crippen LogP contribution in [0.3, 0.4) is 0 Å². The van der Waals surface area contributed by atoms with Crippen molar-refractivity contribution in [1.29, 1.82) is 0 Å². The lowest BCUT2D eigenvalue weighted by Crippen LogP contribution is -2.01. The third-order valence-electron chi connectivity index (χ3n) is 2.63. The highest BCUT2D eigenvalue weighted by Crippen LogP contribution is 2.17. The number of carbonyl (C=O) groups is 1. The van der Waals surface area contributed by atoms with E-state index in [-0.39, 0.29) is 6.42 Å². The first-order valence-corrected chi connectivity index (χ1v) is 6.91. The summed E-state index contributed by atoms with van der Waals surface area (Å²) in [6.45, 7) is 7.92. The lowest BCUT2D eigenvalue weighted by molar-refractivity contribution is -0.136. The molecule has 2 rings (SSSR count). The van der Waals surface area contributed by atoms with Crippen LogP contribution in [0.4, 0.5) is 0 Å². The van der Waals surface area contributed by atoms with Crippen molar-refractivity contribution < 1.29 is 19.1 Å². The van der Waals surface area contributed by atoms with Gasteiger partial charge in [0.2, 0.25) is 0 Å². The molecule has 0 radical (unpaired) electrons. The minimum atomic E-state index is -0.861. The summed E-state index contributed by atoms with van der Waals surface area (Å²) in [5.41, 5.74) is 1.46. The minimum absolute atomic E-state index is 0.0146. The molecule has 0 saturated heterocycles. The molecule has 21 heavy (non-hydrogen) atoms. The van der Waals surface area contributed by atoms with E-state index in [1.165, 1.54) is 0 Å². The van der Waals surface area contributed by atoms with Crippen LogP contribution < -0.4 is 4.74 Å². The first-order chi connectivity index (χ1) is 10.0. The molecule has 1 N–H and O–H groups in total. The zero-order valence-electron chi connectivity index (χ0n) is 12.8. The lowest BCUT2D eigenvalue weighted by Gasteiger charge is -2.06. The molecule has 0 fully saturated rings. The third kappa shape index (κ3) is 5.30. The number of carboxylic acids is 1. The Kier molecular flexibility index (Phi) is 6.46. The average molecular weight is 291 g/mol. The molecule has 2 aromatic rings. The van der Waals surface area contributed by atoms with Gasteiger partial charge in [-0.15, -0.1) is 0 Å². The smallest absolute Gasteiger partial charge is 0.307 e. The van der Waals surface area contributed by atoms with Gasteiger partial charge >= 0.3 is 5.97 Å². The van der Waals surface area contributed by atoms with E-state index in [4.69, 9.17) is 14.3 Å². The predicted molar refractivity (Wildman–Crippen MR) is 79.4 cm³/mol. The second-order valence-electron chi connectivity index (χ2n) is 4.24. The second kappa shape index (κ2) is 8.09. The van der Waals surface area contributed by atoms with Crippen molar-refractivity contribution in [2.75, 3.05) is 0 Å². The van der Waals surface area contributed by atoms with Gasteiger partial charge in [-0.3, -0.25) is 4.79 Å². The van der Waals surface area contributed by atoms with Crippen molar-refractivity contribution in [3.8, 4) is 5.75 Å². The van der Waals surface area contributed by atoms with E-state index in [0.29, 0.717) is 23.8 Å². The molecule has 1 heterocycles. The number of aromatic nitrogens is 1. The van der Waals surface area contributed by atoms with Gasteiger partial charge in [-0.1, -0.05) is 26.0 Å². The van der Waals surface area contributed by atoms with E-state index in [1.54, 1.807) is 31.2 Å². The summed E-state index contributed by atoms with van der Waals surface area (Å²) in [5.74, 6) is 1.11.